The summed E-state index contributed by atoms with van der Waals surface area (Å²) in [6.45, 7) is 4.03. The molecule has 0 bridgehead atoms. The molecule has 2 rings (SSSR count). The minimum Gasteiger partial charge on any atom is -0.381 e. The van der Waals surface area contributed by atoms with E-state index in [2.05, 4.69) is 5.32 Å². The summed E-state index contributed by atoms with van der Waals surface area (Å²) in [6, 6.07) is 0. The Kier molecular flexibility index (Phi) is 4.76. The Bertz CT molecular complexity index is 246. The Morgan fingerprint density at radius 2 is 2.24 bits per heavy atom. The number of amides is 1. The molecule has 2 fully saturated rings. The van der Waals surface area contributed by atoms with Crippen molar-refractivity contribution < 1.29 is 14.3 Å². The number of carbonyl (C=O) groups is 1. The Morgan fingerprint density at radius 1 is 1.47 bits per heavy atom. The Hall–Kier alpha value is -0.650. The van der Waals surface area contributed by atoms with Crippen LogP contribution in [-0.4, -0.2) is 62.9 Å². The first kappa shape index (κ1) is 12.8. The largest absolute Gasteiger partial charge is 0.381 e. The highest BCUT2D eigenvalue weighted by Gasteiger charge is 2.25. The smallest absolute Gasteiger partial charge is 0.225 e. The number of hydrogen-bond acceptors (Lipinski definition) is 4. The summed E-state index contributed by atoms with van der Waals surface area (Å²) in [5, 5.41) is 3.24. The van der Waals surface area contributed by atoms with Gasteiger partial charge in [-0.1, -0.05) is 0 Å². The molecule has 1 unspecified atom stereocenters. The normalized spacial score (nSPS) is 27.1. The lowest BCUT2D eigenvalue weighted by Crippen LogP contribution is -2.45. The van der Waals surface area contributed by atoms with Crippen LogP contribution in [0, 0.1) is 0 Å². The minimum atomic E-state index is 0.0522. The molecule has 1 atom stereocenters. The number of carbonyl (C=O) groups excluding carboxylic acids is 1. The molecule has 5 heteroatoms. The van der Waals surface area contributed by atoms with Gasteiger partial charge in [0.15, 0.2) is 0 Å². The van der Waals surface area contributed by atoms with Crippen LogP contribution < -0.4 is 5.32 Å². The highest BCUT2D eigenvalue weighted by atomic mass is 16.5. The predicted molar refractivity (Wildman–Crippen MR) is 63.8 cm³/mol. The van der Waals surface area contributed by atoms with Crippen LogP contribution in [0.3, 0.4) is 0 Å². The summed E-state index contributed by atoms with van der Waals surface area (Å²) in [5.74, 6) is 0.216. The van der Waals surface area contributed by atoms with Gasteiger partial charge in [-0.2, -0.15) is 0 Å². The van der Waals surface area contributed by atoms with Crippen LogP contribution in [0.15, 0.2) is 0 Å². The molecular formula is C12H22N2O3. The van der Waals surface area contributed by atoms with Crippen LogP contribution in [0.2, 0.25) is 0 Å². The van der Waals surface area contributed by atoms with Gasteiger partial charge in [0.25, 0.3) is 0 Å². The van der Waals surface area contributed by atoms with E-state index in [1.807, 2.05) is 4.90 Å². The molecule has 5 nitrogen and oxygen atoms in total. The number of likely N-dealkylation sites (tertiary alicyclic amines) is 1. The maximum atomic E-state index is 12.0. The van der Waals surface area contributed by atoms with E-state index in [4.69, 9.17) is 9.47 Å². The van der Waals surface area contributed by atoms with E-state index >= 15 is 0 Å². The Labute approximate surface area is 102 Å². The van der Waals surface area contributed by atoms with Crippen LogP contribution >= 0.6 is 0 Å². The number of rotatable bonds is 3. The molecular weight excluding hydrogens is 220 g/mol. The summed E-state index contributed by atoms with van der Waals surface area (Å²) in [5.41, 5.74) is 0. The third-order valence-corrected chi connectivity index (χ3v) is 3.53. The molecule has 0 radical (unpaired) electrons. The first-order valence-corrected chi connectivity index (χ1v) is 6.42. The molecule has 0 aromatic carbocycles. The van der Waals surface area contributed by atoms with Gasteiger partial charge < -0.3 is 19.7 Å². The number of nitrogens with one attached hydrogen (secondary N) is 1. The fraction of sp³-hybridized carbons (Fsp3) is 0.917. The van der Waals surface area contributed by atoms with Gasteiger partial charge in [0.2, 0.25) is 5.91 Å². The van der Waals surface area contributed by atoms with E-state index in [-0.39, 0.29) is 12.0 Å². The minimum absolute atomic E-state index is 0.0522. The lowest BCUT2D eigenvalue weighted by molar-refractivity contribution is -0.137. The fourth-order valence-corrected chi connectivity index (χ4v) is 2.42. The van der Waals surface area contributed by atoms with Crippen LogP contribution in [0.25, 0.3) is 0 Å². The molecule has 0 saturated carbocycles. The molecule has 1 N–H and O–H groups in total. The van der Waals surface area contributed by atoms with Crippen LogP contribution in [0.1, 0.15) is 19.3 Å². The van der Waals surface area contributed by atoms with Crippen molar-refractivity contribution in [2.24, 2.45) is 0 Å². The highest BCUT2D eigenvalue weighted by Crippen LogP contribution is 2.15. The SMILES string of the molecule is COC1CCN(C(=O)CC2CNCCO2)CC1. The van der Waals surface area contributed by atoms with Crippen LogP contribution in [0.4, 0.5) is 0 Å². The van der Waals surface area contributed by atoms with Crippen molar-refractivity contribution in [1.82, 2.24) is 10.2 Å². The van der Waals surface area contributed by atoms with E-state index in [1.54, 1.807) is 7.11 Å². The highest BCUT2D eigenvalue weighted by molar-refractivity contribution is 5.76. The summed E-state index contributed by atoms with van der Waals surface area (Å²) >= 11 is 0. The molecule has 0 aromatic heterocycles. The number of methoxy groups -OCH3 is 1. The summed E-state index contributed by atoms with van der Waals surface area (Å²) in [6.07, 6.45) is 2.78. The van der Waals surface area contributed by atoms with Gasteiger partial charge in [-0.15, -0.1) is 0 Å². The van der Waals surface area contributed by atoms with E-state index in [9.17, 15) is 4.79 Å². The van der Waals surface area contributed by atoms with Gasteiger partial charge in [-0.3, -0.25) is 4.79 Å². The van der Waals surface area contributed by atoms with Crippen molar-refractivity contribution >= 4 is 5.91 Å². The van der Waals surface area contributed by atoms with Crippen molar-refractivity contribution in [3.63, 3.8) is 0 Å². The number of hydrogen-bond donors (Lipinski definition) is 1. The maximum absolute atomic E-state index is 12.0. The van der Waals surface area contributed by atoms with E-state index < -0.39 is 0 Å². The molecule has 98 valence electrons. The quantitative estimate of drug-likeness (QED) is 0.757. The standard InChI is InChI=1S/C12H22N2O3/c1-16-10-2-5-14(6-3-10)12(15)8-11-9-13-4-7-17-11/h10-11,13H,2-9H2,1H3. The molecule has 0 spiro atoms. The zero-order valence-electron chi connectivity index (χ0n) is 10.5. The third-order valence-electron chi connectivity index (χ3n) is 3.53. The Balaban J connectivity index is 1.72. The van der Waals surface area contributed by atoms with Crippen molar-refractivity contribution in [2.75, 3.05) is 39.9 Å². The number of piperidine rings is 1. The van der Waals surface area contributed by atoms with Gasteiger partial charge in [-0.25, -0.2) is 0 Å². The Morgan fingerprint density at radius 3 is 2.82 bits per heavy atom. The molecule has 2 aliphatic rings. The van der Waals surface area contributed by atoms with Gasteiger partial charge in [-0.05, 0) is 12.8 Å². The topological polar surface area (TPSA) is 50.8 Å². The zero-order valence-corrected chi connectivity index (χ0v) is 10.5. The monoisotopic (exact) mass is 242 g/mol. The van der Waals surface area contributed by atoms with E-state index in [0.29, 0.717) is 19.1 Å². The van der Waals surface area contributed by atoms with Gasteiger partial charge >= 0.3 is 0 Å². The lowest BCUT2D eigenvalue weighted by atomic mass is 10.1. The van der Waals surface area contributed by atoms with Crippen molar-refractivity contribution in [3.05, 3.63) is 0 Å². The second kappa shape index (κ2) is 6.33. The predicted octanol–water partition coefficient (Wildman–Crippen LogP) is 0.00230. The molecule has 2 aliphatic heterocycles. The van der Waals surface area contributed by atoms with E-state index in [1.165, 1.54) is 0 Å². The molecule has 1 amide bonds. The number of morpholine rings is 1. The van der Waals surface area contributed by atoms with Crippen LogP contribution in [-0.2, 0) is 14.3 Å². The van der Waals surface area contributed by atoms with Crippen molar-refractivity contribution in [3.8, 4) is 0 Å². The fourth-order valence-electron chi connectivity index (χ4n) is 2.42. The van der Waals surface area contributed by atoms with Gasteiger partial charge in [0, 0.05) is 33.3 Å². The summed E-state index contributed by atoms with van der Waals surface area (Å²) < 4.78 is 10.8. The van der Waals surface area contributed by atoms with E-state index in [0.717, 1.165) is 39.0 Å². The average Bonchev–Trinajstić information content (AvgIpc) is 2.40. The zero-order chi connectivity index (χ0) is 12.1. The number of ether oxygens (including phenoxy) is 2. The van der Waals surface area contributed by atoms with Gasteiger partial charge in [0.1, 0.15) is 0 Å². The molecule has 0 aromatic rings. The summed E-state index contributed by atoms with van der Waals surface area (Å²) in [7, 11) is 1.74. The first-order valence-electron chi connectivity index (χ1n) is 6.42. The van der Waals surface area contributed by atoms with Gasteiger partial charge in [0.05, 0.1) is 25.2 Å². The second-order valence-corrected chi connectivity index (χ2v) is 4.72. The van der Waals surface area contributed by atoms with Crippen LogP contribution in [0.5, 0.6) is 0 Å². The molecule has 17 heavy (non-hydrogen) atoms. The second-order valence-electron chi connectivity index (χ2n) is 4.72. The third kappa shape index (κ3) is 3.66. The first-order chi connectivity index (χ1) is 8.29. The molecule has 2 heterocycles. The molecule has 2 saturated heterocycles. The van der Waals surface area contributed by atoms with Crippen molar-refractivity contribution in [2.45, 2.75) is 31.5 Å². The number of nitrogens with zero attached hydrogens (tertiary/aromatic N) is 1. The maximum Gasteiger partial charge on any atom is 0.225 e. The van der Waals surface area contributed by atoms with Crippen molar-refractivity contribution in [1.29, 1.82) is 0 Å². The molecule has 0 aliphatic carbocycles. The lowest BCUT2D eigenvalue weighted by Gasteiger charge is -2.33. The summed E-state index contributed by atoms with van der Waals surface area (Å²) in [4.78, 5) is 14.0. The average molecular weight is 242 g/mol.